The number of carbonyl (C=O) groups is 1. The lowest BCUT2D eigenvalue weighted by Crippen LogP contribution is -2.36. The maximum absolute atomic E-state index is 11.3. The molecule has 16 heavy (non-hydrogen) atoms. The van der Waals surface area contributed by atoms with Gasteiger partial charge < -0.3 is 4.90 Å². The monoisotopic (exact) mass is 219 g/mol. The number of aromatic nitrogens is 2. The van der Waals surface area contributed by atoms with Gasteiger partial charge in [-0.25, -0.2) is 9.97 Å². The van der Waals surface area contributed by atoms with Crippen molar-refractivity contribution < 1.29 is 4.79 Å². The maximum atomic E-state index is 11.3. The molecule has 86 valence electrons. The Morgan fingerprint density at radius 1 is 1.38 bits per heavy atom. The highest BCUT2D eigenvalue weighted by Crippen LogP contribution is 2.22. The molecule has 0 N–H and O–H groups in total. The van der Waals surface area contributed by atoms with Gasteiger partial charge in [-0.3, -0.25) is 4.79 Å². The first-order chi connectivity index (χ1) is 7.66. The van der Waals surface area contributed by atoms with Gasteiger partial charge in [0.25, 0.3) is 0 Å². The van der Waals surface area contributed by atoms with E-state index in [1.54, 1.807) is 13.3 Å². The summed E-state index contributed by atoms with van der Waals surface area (Å²) in [6.45, 7) is 5.49. The zero-order valence-electron chi connectivity index (χ0n) is 9.81. The number of aryl methyl sites for hydroxylation is 1. The molecule has 0 unspecified atom stereocenters. The Morgan fingerprint density at radius 2 is 2.06 bits per heavy atom. The van der Waals surface area contributed by atoms with Gasteiger partial charge in [-0.1, -0.05) is 0 Å². The van der Waals surface area contributed by atoms with Crippen LogP contribution in [0, 0.1) is 12.8 Å². The Labute approximate surface area is 95.7 Å². The first-order valence-corrected chi connectivity index (χ1v) is 5.71. The predicted molar refractivity (Wildman–Crippen MR) is 62.4 cm³/mol. The van der Waals surface area contributed by atoms with Crippen LogP contribution in [-0.4, -0.2) is 28.8 Å². The number of rotatable bonds is 2. The molecule has 0 aliphatic carbocycles. The Hall–Kier alpha value is -1.45. The molecule has 4 nitrogen and oxygen atoms in total. The Bertz CT molecular complexity index is 384. The minimum absolute atomic E-state index is 0.249. The number of hydrogen-bond acceptors (Lipinski definition) is 4. The van der Waals surface area contributed by atoms with Crippen LogP contribution in [0.15, 0.2) is 12.4 Å². The van der Waals surface area contributed by atoms with Crippen LogP contribution in [-0.2, 0) is 4.79 Å². The van der Waals surface area contributed by atoms with Crippen molar-refractivity contribution >= 4 is 11.6 Å². The fraction of sp³-hybridized carbons (Fsp3) is 0.583. The zero-order valence-corrected chi connectivity index (χ0v) is 9.81. The van der Waals surface area contributed by atoms with E-state index in [2.05, 4.69) is 14.9 Å². The molecule has 0 aromatic carbocycles. The topological polar surface area (TPSA) is 46.1 Å². The molecule has 1 saturated heterocycles. The molecule has 1 aliphatic heterocycles. The summed E-state index contributed by atoms with van der Waals surface area (Å²) < 4.78 is 0. The van der Waals surface area contributed by atoms with E-state index in [4.69, 9.17) is 0 Å². The average molecular weight is 219 g/mol. The predicted octanol–water partition coefficient (Wildman–Crippen LogP) is 1.59. The van der Waals surface area contributed by atoms with Crippen molar-refractivity contribution in [2.24, 2.45) is 5.92 Å². The van der Waals surface area contributed by atoms with E-state index in [9.17, 15) is 4.79 Å². The number of piperidine rings is 1. The summed E-state index contributed by atoms with van der Waals surface area (Å²) in [5.74, 6) is 1.55. The minimum atomic E-state index is 0.249. The summed E-state index contributed by atoms with van der Waals surface area (Å²) in [6, 6.07) is 1.99. The van der Waals surface area contributed by atoms with E-state index in [0.717, 1.165) is 37.4 Å². The maximum Gasteiger partial charge on any atom is 0.133 e. The Kier molecular flexibility index (Phi) is 3.17. The second-order valence-corrected chi connectivity index (χ2v) is 4.39. The lowest BCUT2D eigenvalue weighted by molar-refractivity contribution is -0.121. The summed E-state index contributed by atoms with van der Waals surface area (Å²) in [5.41, 5.74) is 0.985. The van der Waals surface area contributed by atoms with Gasteiger partial charge in [-0.2, -0.15) is 0 Å². The third-order valence-electron chi connectivity index (χ3n) is 3.18. The second kappa shape index (κ2) is 4.60. The highest BCUT2D eigenvalue weighted by Gasteiger charge is 2.22. The fourth-order valence-corrected chi connectivity index (χ4v) is 2.13. The SMILES string of the molecule is CC(=O)C1CCN(c2cc(C)ncn2)CC1. The quantitative estimate of drug-likeness (QED) is 0.757. The van der Waals surface area contributed by atoms with Gasteiger partial charge in [-0.05, 0) is 26.7 Å². The standard InChI is InChI=1S/C12H17N3O/c1-9-7-12(14-8-13-9)15-5-3-11(4-6-15)10(2)16/h7-8,11H,3-6H2,1-2H3. The largest absolute Gasteiger partial charge is 0.356 e. The van der Waals surface area contributed by atoms with Crippen LogP contribution in [0.4, 0.5) is 5.82 Å². The van der Waals surface area contributed by atoms with Gasteiger partial charge in [0.1, 0.15) is 17.9 Å². The number of Topliss-reactive ketones (excluding diaryl/α,β-unsaturated/α-hetero) is 1. The fourth-order valence-electron chi connectivity index (χ4n) is 2.13. The van der Waals surface area contributed by atoms with Crippen LogP contribution in [0.1, 0.15) is 25.5 Å². The Balaban J connectivity index is 2.01. The molecule has 0 atom stereocenters. The van der Waals surface area contributed by atoms with Gasteiger partial charge >= 0.3 is 0 Å². The highest BCUT2D eigenvalue weighted by atomic mass is 16.1. The lowest BCUT2D eigenvalue weighted by Gasteiger charge is -2.31. The Morgan fingerprint density at radius 3 is 2.62 bits per heavy atom. The molecule has 2 rings (SSSR count). The summed E-state index contributed by atoms with van der Waals surface area (Å²) in [6.07, 6.45) is 3.48. The van der Waals surface area contributed by atoms with Crippen molar-refractivity contribution in [3.05, 3.63) is 18.1 Å². The van der Waals surface area contributed by atoms with Crippen molar-refractivity contribution in [3.63, 3.8) is 0 Å². The van der Waals surface area contributed by atoms with Crippen molar-refractivity contribution in [1.29, 1.82) is 0 Å². The smallest absolute Gasteiger partial charge is 0.133 e. The third kappa shape index (κ3) is 2.38. The number of carbonyl (C=O) groups excluding carboxylic acids is 1. The minimum Gasteiger partial charge on any atom is -0.356 e. The molecular formula is C12H17N3O. The zero-order chi connectivity index (χ0) is 11.5. The molecule has 1 aromatic rings. The van der Waals surface area contributed by atoms with Crippen molar-refractivity contribution in [2.75, 3.05) is 18.0 Å². The van der Waals surface area contributed by atoms with Crippen LogP contribution in [0.5, 0.6) is 0 Å². The van der Waals surface area contributed by atoms with Crippen LogP contribution in [0.25, 0.3) is 0 Å². The van der Waals surface area contributed by atoms with Crippen LogP contribution < -0.4 is 4.90 Å². The summed E-state index contributed by atoms with van der Waals surface area (Å²) in [7, 11) is 0. The molecular weight excluding hydrogens is 202 g/mol. The van der Waals surface area contributed by atoms with E-state index in [1.165, 1.54) is 0 Å². The molecule has 0 bridgehead atoms. The van der Waals surface area contributed by atoms with Gasteiger partial charge in [0, 0.05) is 30.8 Å². The molecule has 0 spiro atoms. The molecule has 4 heteroatoms. The summed E-state index contributed by atoms with van der Waals surface area (Å²) >= 11 is 0. The van der Waals surface area contributed by atoms with Gasteiger partial charge in [0.05, 0.1) is 0 Å². The van der Waals surface area contributed by atoms with Crippen LogP contribution >= 0.6 is 0 Å². The number of anilines is 1. The molecule has 0 radical (unpaired) electrons. The first kappa shape index (κ1) is 11.0. The van der Waals surface area contributed by atoms with Crippen LogP contribution in [0.2, 0.25) is 0 Å². The van der Waals surface area contributed by atoms with E-state index in [-0.39, 0.29) is 5.92 Å². The van der Waals surface area contributed by atoms with Crippen molar-refractivity contribution in [3.8, 4) is 0 Å². The van der Waals surface area contributed by atoms with E-state index < -0.39 is 0 Å². The average Bonchev–Trinajstić information content (AvgIpc) is 2.29. The van der Waals surface area contributed by atoms with E-state index >= 15 is 0 Å². The molecule has 1 fully saturated rings. The normalized spacial score (nSPS) is 17.5. The van der Waals surface area contributed by atoms with Crippen LogP contribution in [0.3, 0.4) is 0 Å². The first-order valence-electron chi connectivity index (χ1n) is 5.71. The highest BCUT2D eigenvalue weighted by molar-refractivity contribution is 5.78. The van der Waals surface area contributed by atoms with Gasteiger partial charge in [0.15, 0.2) is 0 Å². The molecule has 2 heterocycles. The summed E-state index contributed by atoms with van der Waals surface area (Å²) in [5, 5.41) is 0. The van der Waals surface area contributed by atoms with Crippen molar-refractivity contribution in [2.45, 2.75) is 26.7 Å². The summed E-state index contributed by atoms with van der Waals surface area (Å²) in [4.78, 5) is 21.8. The second-order valence-electron chi connectivity index (χ2n) is 4.39. The van der Waals surface area contributed by atoms with Gasteiger partial charge in [-0.15, -0.1) is 0 Å². The number of ketones is 1. The lowest BCUT2D eigenvalue weighted by atomic mass is 9.93. The third-order valence-corrected chi connectivity index (χ3v) is 3.18. The van der Waals surface area contributed by atoms with E-state index in [1.807, 2.05) is 13.0 Å². The number of nitrogens with zero attached hydrogens (tertiary/aromatic N) is 3. The molecule has 0 saturated carbocycles. The molecule has 1 aliphatic rings. The number of hydrogen-bond donors (Lipinski definition) is 0. The van der Waals surface area contributed by atoms with E-state index in [0.29, 0.717) is 5.78 Å². The molecule has 0 amide bonds. The van der Waals surface area contributed by atoms with Gasteiger partial charge in [0.2, 0.25) is 0 Å². The van der Waals surface area contributed by atoms with Crippen molar-refractivity contribution in [1.82, 2.24) is 9.97 Å². The molecule has 1 aromatic heterocycles.